The molecule has 1 aliphatic heterocycles. The number of thiophene rings is 1. The maximum atomic E-state index is 12.3. The lowest BCUT2D eigenvalue weighted by Crippen LogP contribution is -2.58. The lowest BCUT2D eigenvalue weighted by molar-refractivity contribution is 0.0571. The first kappa shape index (κ1) is 18.2. The van der Waals surface area contributed by atoms with E-state index in [1.54, 1.807) is 12.1 Å². The van der Waals surface area contributed by atoms with E-state index in [0.717, 1.165) is 44.1 Å². The molecule has 0 aromatic carbocycles. The Balaban J connectivity index is 1.95. The van der Waals surface area contributed by atoms with Gasteiger partial charge in [-0.3, -0.25) is 4.90 Å². The molecule has 1 aromatic heterocycles. The highest BCUT2D eigenvalue weighted by atomic mass is 35.5. The van der Waals surface area contributed by atoms with Crippen LogP contribution in [-0.4, -0.2) is 63.0 Å². The number of nitrogens with zero attached hydrogens (tertiary/aromatic N) is 2. The molecule has 1 aromatic rings. The van der Waals surface area contributed by atoms with Crippen LogP contribution >= 0.6 is 22.9 Å². The predicted molar refractivity (Wildman–Crippen MR) is 92.3 cm³/mol. The van der Waals surface area contributed by atoms with Gasteiger partial charge in [0.2, 0.25) is 10.0 Å². The Kier molecular flexibility index (Phi) is 5.90. The Morgan fingerprint density at radius 3 is 2.41 bits per heavy atom. The summed E-state index contributed by atoms with van der Waals surface area (Å²) in [5.74, 6) is 0. The van der Waals surface area contributed by atoms with E-state index in [2.05, 4.69) is 35.3 Å². The molecule has 0 aliphatic carbocycles. The largest absolute Gasteiger partial charge is 0.301 e. The standard InChI is InChI=1S/C14H24ClN3O2S2/c1-4-17-7-9-18(10-8-17)14(2,3)11-16-22(19,20)13-6-5-12(15)21-13/h5-6,16H,4,7-11H2,1-3H3. The molecular formula is C14H24ClN3O2S2. The molecule has 126 valence electrons. The third kappa shape index (κ3) is 4.43. The number of hydrogen-bond donors (Lipinski definition) is 1. The zero-order valence-electron chi connectivity index (χ0n) is 13.3. The average Bonchev–Trinajstić information content (AvgIpc) is 2.93. The lowest BCUT2D eigenvalue weighted by atomic mass is 10.0. The van der Waals surface area contributed by atoms with Gasteiger partial charge in [-0.05, 0) is 32.5 Å². The summed E-state index contributed by atoms with van der Waals surface area (Å²) in [4.78, 5) is 4.76. The lowest BCUT2D eigenvalue weighted by Gasteiger charge is -2.43. The van der Waals surface area contributed by atoms with Gasteiger partial charge in [0, 0.05) is 38.3 Å². The van der Waals surface area contributed by atoms with E-state index in [1.807, 2.05) is 0 Å². The molecule has 8 heteroatoms. The molecule has 0 bridgehead atoms. The van der Waals surface area contributed by atoms with E-state index >= 15 is 0 Å². The Morgan fingerprint density at radius 2 is 1.91 bits per heavy atom. The summed E-state index contributed by atoms with van der Waals surface area (Å²) in [5.41, 5.74) is -0.214. The maximum absolute atomic E-state index is 12.3. The zero-order valence-corrected chi connectivity index (χ0v) is 15.7. The Bertz CT molecular complexity index is 593. The molecule has 0 atom stereocenters. The number of halogens is 1. The summed E-state index contributed by atoms with van der Waals surface area (Å²) in [5, 5.41) is 0. The molecule has 2 heterocycles. The van der Waals surface area contributed by atoms with Crippen LogP contribution in [0.4, 0.5) is 0 Å². The molecule has 1 aliphatic rings. The van der Waals surface area contributed by atoms with Crippen molar-refractivity contribution in [1.29, 1.82) is 0 Å². The first-order valence-corrected chi connectivity index (χ1v) is 10.1. The minimum absolute atomic E-state index is 0.214. The minimum Gasteiger partial charge on any atom is -0.301 e. The van der Waals surface area contributed by atoms with E-state index < -0.39 is 10.0 Å². The number of rotatable bonds is 6. The number of sulfonamides is 1. The molecule has 0 saturated carbocycles. The van der Waals surface area contributed by atoms with Gasteiger partial charge in [0.05, 0.1) is 4.34 Å². The predicted octanol–water partition coefficient (Wildman–Crippen LogP) is 2.10. The second-order valence-electron chi connectivity index (χ2n) is 6.12. The van der Waals surface area contributed by atoms with Crippen LogP contribution in [0.15, 0.2) is 16.3 Å². The van der Waals surface area contributed by atoms with Crippen molar-refractivity contribution in [1.82, 2.24) is 14.5 Å². The average molecular weight is 366 g/mol. The maximum Gasteiger partial charge on any atom is 0.250 e. The Morgan fingerprint density at radius 1 is 1.27 bits per heavy atom. The van der Waals surface area contributed by atoms with Gasteiger partial charge in [-0.25, -0.2) is 13.1 Å². The van der Waals surface area contributed by atoms with Crippen LogP contribution in [0.1, 0.15) is 20.8 Å². The van der Waals surface area contributed by atoms with Gasteiger partial charge in [0.25, 0.3) is 0 Å². The van der Waals surface area contributed by atoms with E-state index in [9.17, 15) is 8.42 Å². The summed E-state index contributed by atoms with van der Waals surface area (Å²) in [6.45, 7) is 11.8. The molecule has 1 N–H and O–H groups in total. The normalized spacial score (nSPS) is 18.7. The smallest absolute Gasteiger partial charge is 0.250 e. The molecule has 0 radical (unpaired) electrons. The first-order valence-electron chi connectivity index (χ1n) is 7.47. The van der Waals surface area contributed by atoms with Gasteiger partial charge in [-0.1, -0.05) is 18.5 Å². The fourth-order valence-corrected chi connectivity index (χ4v) is 5.30. The summed E-state index contributed by atoms with van der Waals surface area (Å²) >= 11 is 6.90. The van der Waals surface area contributed by atoms with Crippen LogP contribution in [0.5, 0.6) is 0 Å². The fraction of sp³-hybridized carbons (Fsp3) is 0.714. The molecule has 0 spiro atoms. The second-order valence-corrected chi connectivity index (χ2v) is 9.83. The van der Waals surface area contributed by atoms with Gasteiger partial charge in [-0.2, -0.15) is 0 Å². The first-order chi connectivity index (χ1) is 10.2. The van der Waals surface area contributed by atoms with Crippen LogP contribution in [-0.2, 0) is 10.0 Å². The van der Waals surface area contributed by atoms with Crippen molar-refractivity contribution in [3.63, 3.8) is 0 Å². The van der Waals surface area contributed by atoms with Crippen molar-refractivity contribution in [2.45, 2.75) is 30.5 Å². The summed E-state index contributed by atoms with van der Waals surface area (Å²) in [6.07, 6.45) is 0. The fourth-order valence-electron chi connectivity index (χ4n) is 2.57. The van der Waals surface area contributed by atoms with Crippen molar-refractivity contribution in [3.8, 4) is 0 Å². The molecule has 5 nitrogen and oxygen atoms in total. The minimum atomic E-state index is -3.48. The summed E-state index contributed by atoms with van der Waals surface area (Å²) < 4.78 is 28.0. The summed E-state index contributed by atoms with van der Waals surface area (Å²) in [7, 11) is -3.48. The molecule has 2 rings (SSSR count). The van der Waals surface area contributed by atoms with Crippen molar-refractivity contribution >= 4 is 33.0 Å². The van der Waals surface area contributed by atoms with E-state index in [0.29, 0.717) is 10.9 Å². The number of nitrogens with one attached hydrogen (secondary N) is 1. The third-order valence-corrected chi connectivity index (χ3v) is 7.31. The molecule has 0 amide bonds. The SMILES string of the molecule is CCN1CCN(C(C)(C)CNS(=O)(=O)c2ccc(Cl)s2)CC1. The highest BCUT2D eigenvalue weighted by Gasteiger charge is 2.31. The molecule has 0 unspecified atom stereocenters. The van der Waals surface area contributed by atoms with Gasteiger partial charge < -0.3 is 4.90 Å². The van der Waals surface area contributed by atoms with Gasteiger partial charge in [0.1, 0.15) is 4.21 Å². The number of hydrogen-bond acceptors (Lipinski definition) is 5. The van der Waals surface area contributed by atoms with E-state index in [-0.39, 0.29) is 9.75 Å². The molecule has 1 fully saturated rings. The molecule has 1 saturated heterocycles. The third-order valence-electron chi connectivity index (χ3n) is 4.18. The zero-order chi connectivity index (χ0) is 16.4. The highest BCUT2D eigenvalue weighted by Crippen LogP contribution is 2.26. The van der Waals surface area contributed by atoms with Gasteiger partial charge in [-0.15, -0.1) is 11.3 Å². The van der Waals surface area contributed by atoms with Crippen molar-refractivity contribution < 1.29 is 8.42 Å². The van der Waals surface area contributed by atoms with Crippen molar-refractivity contribution in [2.24, 2.45) is 0 Å². The second kappa shape index (κ2) is 7.15. The summed E-state index contributed by atoms with van der Waals surface area (Å²) in [6, 6.07) is 3.15. The molecule has 22 heavy (non-hydrogen) atoms. The van der Waals surface area contributed by atoms with Crippen molar-refractivity contribution in [2.75, 3.05) is 39.3 Å². The van der Waals surface area contributed by atoms with Crippen LogP contribution in [0.25, 0.3) is 0 Å². The van der Waals surface area contributed by atoms with Crippen molar-refractivity contribution in [3.05, 3.63) is 16.5 Å². The van der Waals surface area contributed by atoms with E-state index in [1.165, 1.54) is 0 Å². The van der Waals surface area contributed by atoms with Crippen LogP contribution < -0.4 is 4.72 Å². The highest BCUT2D eigenvalue weighted by molar-refractivity contribution is 7.91. The molecular weight excluding hydrogens is 342 g/mol. The van der Waals surface area contributed by atoms with Gasteiger partial charge in [0.15, 0.2) is 0 Å². The quantitative estimate of drug-likeness (QED) is 0.838. The van der Waals surface area contributed by atoms with Crippen LogP contribution in [0.3, 0.4) is 0 Å². The topological polar surface area (TPSA) is 52.6 Å². The Hall–Kier alpha value is -0.180. The Labute approximate surface area is 142 Å². The van der Waals surface area contributed by atoms with E-state index in [4.69, 9.17) is 11.6 Å². The number of likely N-dealkylation sites (N-methyl/N-ethyl adjacent to an activating group) is 1. The monoisotopic (exact) mass is 365 g/mol. The van der Waals surface area contributed by atoms with Gasteiger partial charge >= 0.3 is 0 Å². The van der Waals surface area contributed by atoms with Crippen LogP contribution in [0.2, 0.25) is 4.34 Å². The van der Waals surface area contributed by atoms with Crippen LogP contribution in [0, 0.1) is 0 Å². The number of piperazine rings is 1.